The van der Waals surface area contributed by atoms with Crippen LogP contribution >= 0.6 is 0 Å². The van der Waals surface area contributed by atoms with Gasteiger partial charge >= 0.3 is 0 Å². The predicted octanol–water partition coefficient (Wildman–Crippen LogP) is 2.33. The van der Waals surface area contributed by atoms with Gasteiger partial charge in [-0.1, -0.05) is 29.8 Å². The number of rotatable bonds is 3. The molecular formula is C11H13N2Y-. The monoisotopic (exact) mass is 262 g/mol. The van der Waals surface area contributed by atoms with Crippen LogP contribution < -0.4 is 0 Å². The minimum Gasteiger partial charge on any atom is -0.456 e. The van der Waals surface area contributed by atoms with Crippen molar-refractivity contribution in [1.82, 2.24) is 0 Å². The number of hydrogen-bond donors (Lipinski definition) is 0. The molecule has 0 fully saturated rings. The van der Waals surface area contributed by atoms with Crippen molar-refractivity contribution in [3.8, 4) is 0 Å². The van der Waals surface area contributed by atoms with Gasteiger partial charge in [0, 0.05) is 45.5 Å². The van der Waals surface area contributed by atoms with E-state index in [1.54, 1.807) is 6.21 Å². The Labute approximate surface area is 110 Å². The van der Waals surface area contributed by atoms with Crippen molar-refractivity contribution in [2.75, 3.05) is 6.54 Å². The van der Waals surface area contributed by atoms with Gasteiger partial charge in [-0.15, -0.1) is 6.21 Å². The van der Waals surface area contributed by atoms with Crippen molar-refractivity contribution in [1.29, 1.82) is 0 Å². The molecule has 1 aromatic rings. The van der Waals surface area contributed by atoms with Gasteiger partial charge in [-0.2, -0.15) is 7.05 Å². The molecule has 1 radical (unpaired) electrons. The fourth-order valence-electron chi connectivity index (χ4n) is 0.970. The summed E-state index contributed by atoms with van der Waals surface area (Å²) in [5.74, 6) is 0. The van der Waals surface area contributed by atoms with E-state index >= 15 is 0 Å². The van der Waals surface area contributed by atoms with Gasteiger partial charge in [0.1, 0.15) is 0 Å². The van der Waals surface area contributed by atoms with Crippen molar-refractivity contribution in [3.63, 3.8) is 0 Å². The quantitative estimate of drug-likeness (QED) is 0.590. The molecule has 2 nitrogen and oxygen atoms in total. The zero-order valence-electron chi connectivity index (χ0n) is 8.35. The van der Waals surface area contributed by atoms with Gasteiger partial charge in [-0.05, 0) is 12.5 Å². The van der Waals surface area contributed by atoms with Gasteiger partial charge in [0.25, 0.3) is 0 Å². The summed E-state index contributed by atoms with van der Waals surface area (Å²) in [5.41, 5.74) is 2.17. The number of benzene rings is 1. The Morgan fingerprint density at radius 1 is 1.14 bits per heavy atom. The molecule has 0 aliphatic heterocycles. The zero-order chi connectivity index (χ0) is 9.52. The smallest absolute Gasteiger partial charge is 0.0361 e. The van der Waals surface area contributed by atoms with Crippen molar-refractivity contribution in [2.24, 2.45) is 9.98 Å². The van der Waals surface area contributed by atoms with E-state index in [2.05, 4.69) is 17.0 Å². The van der Waals surface area contributed by atoms with Crippen LogP contribution in [-0.4, -0.2) is 19.0 Å². The van der Waals surface area contributed by atoms with Gasteiger partial charge in [0.2, 0.25) is 0 Å². The molecule has 3 heteroatoms. The molecule has 1 rings (SSSR count). The molecule has 0 aliphatic rings. The Morgan fingerprint density at radius 3 is 2.07 bits per heavy atom. The maximum atomic E-state index is 4.15. The molecular weight excluding hydrogens is 249 g/mol. The van der Waals surface area contributed by atoms with Crippen molar-refractivity contribution >= 4 is 12.4 Å². The summed E-state index contributed by atoms with van der Waals surface area (Å²) in [6.07, 6.45) is 3.59. The Bertz CT molecular complexity index is 302. The predicted molar refractivity (Wildman–Crippen MR) is 57.5 cm³/mol. The van der Waals surface area contributed by atoms with E-state index in [9.17, 15) is 0 Å². The molecule has 1 aromatic carbocycles. The number of nitrogens with zero attached hydrogens (tertiary/aromatic N) is 2. The molecule has 0 amide bonds. The van der Waals surface area contributed by atoms with Crippen LogP contribution in [0.1, 0.15) is 18.1 Å². The SMILES string of the molecule is [CH2-]N=Cc1ccc(C=NCC)cc1.[Y]. The van der Waals surface area contributed by atoms with Crippen LogP contribution in [0, 0.1) is 7.05 Å². The molecule has 0 unspecified atom stereocenters. The number of aliphatic imine (C=N–C) groups is 2. The topological polar surface area (TPSA) is 24.7 Å². The molecule has 0 aliphatic carbocycles. The summed E-state index contributed by atoms with van der Waals surface area (Å²) in [4.78, 5) is 7.84. The van der Waals surface area contributed by atoms with Gasteiger partial charge in [-0.25, -0.2) is 0 Å². The van der Waals surface area contributed by atoms with Crippen molar-refractivity contribution in [2.45, 2.75) is 6.92 Å². The van der Waals surface area contributed by atoms with E-state index in [1.807, 2.05) is 37.4 Å². The molecule has 0 atom stereocenters. The largest absolute Gasteiger partial charge is 0.456 e. The van der Waals surface area contributed by atoms with E-state index in [4.69, 9.17) is 0 Å². The average molecular weight is 262 g/mol. The van der Waals surface area contributed by atoms with Crippen LogP contribution in [0.15, 0.2) is 34.3 Å². The maximum absolute atomic E-state index is 4.15. The second kappa shape index (κ2) is 7.89. The normalized spacial score (nSPS) is 10.6. The minimum absolute atomic E-state index is 0. The first-order valence-electron chi connectivity index (χ1n) is 4.25. The third-order valence-corrected chi connectivity index (χ3v) is 1.60. The summed E-state index contributed by atoms with van der Waals surface area (Å²) in [7, 11) is 3.40. The first-order valence-corrected chi connectivity index (χ1v) is 4.25. The number of hydrogen-bond acceptors (Lipinski definition) is 2. The molecule has 0 spiro atoms. The molecule has 0 bridgehead atoms. The molecule has 14 heavy (non-hydrogen) atoms. The van der Waals surface area contributed by atoms with Crippen LogP contribution in [0.2, 0.25) is 0 Å². The average Bonchev–Trinajstić information content (AvgIpc) is 2.17. The second-order valence-electron chi connectivity index (χ2n) is 2.61. The fourth-order valence-corrected chi connectivity index (χ4v) is 0.970. The maximum Gasteiger partial charge on any atom is 0.0361 e. The Morgan fingerprint density at radius 2 is 1.64 bits per heavy atom. The van der Waals surface area contributed by atoms with Crippen LogP contribution in [0.3, 0.4) is 0 Å². The van der Waals surface area contributed by atoms with E-state index in [-0.39, 0.29) is 32.7 Å². The third-order valence-electron chi connectivity index (χ3n) is 1.60. The Kier molecular flexibility index (Phi) is 7.63. The van der Waals surface area contributed by atoms with E-state index < -0.39 is 0 Å². The summed E-state index contributed by atoms with van der Waals surface area (Å²) >= 11 is 0. The zero-order valence-corrected chi connectivity index (χ0v) is 11.2. The van der Waals surface area contributed by atoms with E-state index in [1.165, 1.54) is 0 Å². The van der Waals surface area contributed by atoms with Gasteiger partial charge in [0.15, 0.2) is 0 Å². The van der Waals surface area contributed by atoms with E-state index in [0.717, 1.165) is 17.7 Å². The van der Waals surface area contributed by atoms with Crippen molar-refractivity contribution in [3.05, 3.63) is 42.4 Å². The molecule has 0 saturated carbocycles. The molecule has 0 heterocycles. The van der Waals surface area contributed by atoms with Gasteiger partial charge in [0.05, 0.1) is 0 Å². The first-order chi connectivity index (χ1) is 6.36. The summed E-state index contributed by atoms with van der Waals surface area (Å²) < 4.78 is 0. The van der Waals surface area contributed by atoms with Crippen LogP contribution in [0.4, 0.5) is 0 Å². The molecule has 0 saturated heterocycles. The minimum atomic E-state index is 0. The third kappa shape index (κ3) is 4.68. The van der Waals surface area contributed by atoms with Crippen LogP contribution in [-0.2, 0) is 32.7 Å². The van der Waals surface area contributed by atoms with Crippen LogP contribution in [0.25, 0.3) is 0 Å². The van der Waals surface area contributed by atoms with Gasteiger partial charge < -0.3 is 4.99 Å². The fraction of sp³-hybridized carbons (Fsp3) is 0.182. The first kappa shape index (κ1) is 13.5. The standard InChI is InChI=1S/C11H13N2.Y/c1-3-13-9-11-6-4-10(5-7-11)8-12-2;/h4-9H,2-3H2,1H3;/q-1;. The van der Waals surface area contributed by atoms with Gasteiger partial charge in [-0.3, -0.25) is 4.99 Å². The van der Waals surface area contributed by atoms with Crippen LogP contribution in [0.5, 0.6) is 0 Å². The van der Waals surface area contributed by atoms with E-state index in [0.29, 0.717) is 0 Å². The summed E-state index contributed by atoms with van der Waals surface area (Å²) in [6, 6.07) is 8.00. The molecule has 71 valence electrons. The Balaban J connectivity index is 0.00000169. The van der Waals surface area contributed by atoms with Crippen molar-refractivity contribution < 1.29 is 32.7 Å². The molecule has 0 aromatic heterocycles. The Hall–Kier alpha value is -0.466. The second-order valence-corrected chi connectivity index (χ2v) is 2.61. The molecule has 0 N–H and O–H groups in total. The summed E-state index contributed by atoms with van der Waals surface area (Å²) in [5, 5.41) is 0. The summed E-state index contributed by atoms with van der Waals surface area (Å²) in [6.45, 7) is 2.84.